The predicted molar refractivity (Wildman–Crippen MR) is 102 cm³/mol. The van der Waals surface area contributed by atoms with Crippen molar-refractivity contribution in [1.82, 2.24) is 4.90 Å². The van der Waals surface area contributed by atoms with Gasteiger partial charge in [0.2, 0.25) is 5.91 Å². The summed E-state index contributed by atoms with van der Waals surface area (Å²) >= 11 is 2.41. The van der Waals surface area contributed by atoms with Crippen LogP contribution in [0.25, 0.3) is 0 Å². The number of rotatable bonds is 6. The number of benzene rings is 1. The second-order valence-electron chi connectivity index (χ2n) is 7.02. The van der Waals surface area contributed by atoms with Gasteiger partial charge in [-0.15, -0.1) is 0 Å². The summed E-state index contributed by atoms with van der Waals surface area (Å²) in [7, 11) is 1.69. The Morgan fingerprint density at radius 3 is 2.79 bits per heavy atom. The molecule has 3 rings (SSSR count). The van der Waals surface area contributed by atoms with Gasteiger partial charge in [0.1, 0.15) is 11.8 Å². The van der Waals surface area contributed by atoms with Crippen LogP contribution < -0.4 is 0 Å². The lowest BCUT2D eigenvalue weighted by Crippen LogP contribution is -2.55. The van der Waals surface area contributed by atoms with Gasteiger partial charge in [0.25, 0.3) is 0 Å². The molecular weight excluding hydrogens is 417 g/mol. The standard InChI is InChI=1S/C19H26INO3/c1-19-12-14(7-6-10-20)11-17(22)21(19)16(13-23-2)18(24-19)15-8-4-3-5-9-15/h3-5,8-9,14,16,18H,6-7,10-13H2,1-2H3/t14-,16+,18+,19-/m1/s1. The number of methoxy groups -OCH3 is 1. The summed E-state index contributed by atoms with van der Waals surface area (Å²) in [6.07, 6.45) is 3.70. The van der Waals surface area contributed by atoms with Gasteiger partial charge in [-0.2, -0.15) is 0 Å². The van der Waals surface area contributed by atoms with Crippen LogP contribution in [0.1, 0.15) is 44.3 Å². The zero-order chi connectivity index (χ0) is 17.2. The highest BCUT2D eigenvalue weighted by Gasteiger charge is 2.55. The summed E-state index contributed by atoms with van der Waals surface area (Å²) in [6, 6.07) is 10.1. The Balaban J connectivity index is 1.87. The van der Waals surface area contributed by atoms with Crippen LogP contribution in [0.2, 0.25) is 0 Å². The number of ether oxygens (including phenoxy) is 2. The van der Waals surface area contributed by atoms with E-state index in [0.717, 1.165) is 29.3 Å². The molecule has 2 heterocycles. The average molecular weight is 443 g/mol. The van der Waals surface area contributed by atoms with E-state index in [1.165, 1.54) is 0 Å². The Hall–Kier alpha value is -0.660. The van der Waals surface area contributed by atoms with Crippen LogP contribution in [0, 0.1) is 5.92 Å². The van der Waals surface area contributed by atoms with E-state index >= 15 is 0 Å². The number of amides is 1. The molecule has 0 radical (unpaired) electrons. The number of alkyl halides is 1. The predicted octanol–water partition coefficient (Wildman–Crippen LogP) is 3.94. The van der Waals surface area contributed by atoms with Gasteiger partial charge in [-0.05, 0) is 42.1 Å². The van der Waals surface area contributed by atoms with Gasteiger partial charge >= 0.3 is 0 Å². The van der Waals surface area contributed by atoms with Gasteiger partial charge in [0.15, 0.2) is 0 Å². The first-order valence-corrected chi connectivity index (χ1v) is 10.2. The van der Waals surface area contributed by atoms with Crippen LogP contribution >= 0.6 is 22.6 Å². The van der Waals surface area contributed by atoms with Gasteiger partial charge in [0.05, 0.1) is 12.6 Å². The highest BCUT2D eigenvalue weighted by Crippen LogP contribution is 2.48. The fourth-order valence-corrected chi connectivity index (χ4v) is 4.72. The van der Waals surface area contributed by atoms with Crippen LogP contribution in [-0.2, 0) is 14.3 Å². The molecule has 0 saturated carbocycles. The lowest BCUT2D eigenvalue weighted by atomic mass is 9.85. The number of hydrogen-bond acceptors (Lipinski definition) is 3. The number of fused-ring (bicyclic) bond motifs is 1. The molecule has 0 unspecified atom stereocenters. The van der Waals surface area contributed by atoms with E-state index in [1.54, 1.807) is 7.11 Å². The molecule has 0 N–H and O–H groups in total. The molecule has 0 spiro atoms. The van der Waals surface area contributed by atoms with E-state index in [1.807, 2.05) is 23.1 Å². The molecule has 132 valence electrons. The molecule has 2 aliphatic heterocycles. The summed E-state index contributed by atoms with van der Waals surface area (Å²) < 4.78 is 13.1. The zero-order valence-corrected chi connectivity index (χ0v) is 16.6. The third-order valence-corrected chi connectivity index (χ3v) is 5.95. The fraction of sp³-hybridized carbons (Fsp3) is 0.632. The van der Waals surface area contributed by atoms with Crippen molar-refractivity contribution in [1.29, 1.82) is 0 Å². The van der Waals surface area contributed by atoms with Crippen molar-refractivity contribution >= 4 is 28.5 Å². The summed E-state index contributed by atoms with van der Waals surface area (Å²) in [5, 5.41) is 0. The van der Waals surface area contributed by atoms with Crippen molar-refractivity contribution in [3.05, 3.63) is 35.9 Å². The lowest BCUT2D eigenvalue weighted by Gasteiger charge is -2.43. The van der Waals surface area contributed by atoms with Gasteiger partial charge < -0.3 is 14.4 Å². The molecule has 4 atom stereocenters. The molecule has 1 amide bonds. The fourth-order valence-electron chi connectivity index (χ4n) is 4.28. The van der Waals surface area contributed by atoms with Crippen LogP contribution in [0.4, 0.5) is 0 Å². The molecule has 4 nitrogen and oxygen atoms in total. The van der Waals surface area contributed by atoms with Crippen LogP contribution in [0.15, 0.2) is 30.3 Å². The Kier molecular flexibility index (Phi) is 5.82. The van der Waals surface area contributed by atoms with E-state index < -0.39 is 5.72 Å². The Morgan fingerprint density at radius 2 is 2.12 bits per heavy atom. The number of halogens is 1. The Bertz CT molecular complexity index is 567. The minimum atomic E-state index is -0.519. The first-order valence-electron chi connectivity index (χ1n) is 8.69. The van der Waals surface area contributed by atoms with E-state index in [9.17, 15) is 4.79 Å². The van der Waals surface area contributed by atoms with Crippen molar-refractivity contribution < 1.29 is 14.3 Å². The van der Waals surface area contributed by atoms with E-state index in [-0.39, 0.29) is 18.1 Å². The van der Waals surface area contributed by atoms with Crippen molar-refractivity contribution in [2.24, 2.45) is 5.92 Å². The van der Waals surface area contributed by atoms with Gasteiger partial charge in [0, 0.05) is 13.5 Å². The second kappa shape index (κ2) is 7.70. The Morgan fingerprint density at radius 1 is 1.38 bits per heavy atom. The number of carbonyl (C=O) groups is 1. The van der Waals surface area contributed by atoms with Crippen LogP contribution in [0.3, 0.4) is 0 Å². The van der Waals surface area contributed by atoms with Gasteiger partial charge in [-0.1, -0.05) is 52.9 Å². The van der Waals surface area contributed by atoms with Gasteiger partial charge in [-0.3, -0.25) is 4.79 Å². The van der Waals surface area contributed by atoms with Crippen molar-refractivity contribution in [2.75, 3.05) is 18.1 Å². The number of piperidine rings is 1. The molecule has 1 aromatic carbocycles. The third-order valence-electron chi connectivity index (χ3n) is 5.18. The molecule has 1 aromatic rings. The molecule has 2 fully saturated rings. The first kappa shape index (κ1) is 18.1. The molecule has 24 heavy (non-hydrogen) atoms. The number of nitrogens with zero attached hydrogens (tertiary/aromatic N) is 1. The van der Waals surface area contributed by atoms with Crippen LogP contribution in [-0.4, -0.2) is 40.7 Å². The molecule has 2 aliphatic rings. The molecule has 2 saturated heterocycles. The maximum atomic E-state index is 12.9. The lowest BCUT2D eigenvalue weighted by molar-refractivity contribution is -0.166. The highest BCUT2D eigenvalue weighted by molar-refractivity contribution is 14.1. The topological polar surface area (TPSA) is 38.8 Å². The maximum Gasteiger partial charge on any atom is 0.225 e. The zero-order valence-electron chi connectivity index (χ0n) is 14.4. The van der Waals surface area contributed by atoms with E-state index in [4.69, 9.17) is 9.47 Å². The number of carbonyl (C=O) groups excluding carboxylic acids is 1. The smallest absolute Gasteiger partial charge is 0.225 e. The normalized spacial score (nSPS) is 32.9. The molecule has 0 bridgehead atoms. The minimum Gasteiger partial charge on any atom is -0.382 e. The summed E-state index contributed by atoms with van der Waals surface area (Å²) in [6.45, 7) is 2.58. The van der Waals surface area contributed by atoms with Crippen molar-refractivity contribution in [2.45, 2.75) is 50.5 Å². The monoisotopic (exact) mass is 443 g/mol. The van der Waals surface area contributed by atoms with Crippen molar-refractivity contribution in [3.63, 3.8) is 0 Å². The molecular formula is C19H26INO3. The van der Waals surface area contributed by atoms with E-state index in [2.05, 4.69) is 41.6 Å². The molecule has 0 aliphatic carbocycles. The van der Waals surface area contributed by atoms with E-state index in [0.29, 0.717) is 18.9 Å². The SMILES string of the molecule is COC[C@H]1[C@H](c2ccccc2)O[C@]2(C)C[C@H](CCCI)CC(=O)N12. The summed E-state index contributed by atoms with van der Waals surface area (Å²) in [4.78, 5) is 14.9. The second-order valence-corrected chi connectivity index (χ2v) is 8.09. The maximum absolute atomic E-state index is 12.9. The molecule has 0 aromatic heterocycles. The average Bonchev–Trinajstić information content (AvgIpc) is 2.87. The number of hydrogen-bond donors (Lipinski definition) is 0. The summed E-state index contributed by atoms with van der Waals surface area (Å²) in [5.41, 5.74) is 0.599. The Labute approximate surface area is 158 Å². The largest absolute Gasteiger partial charge is 0.382 e. The highest BCUT2D eigenvalue weighted by atomic mass is 127. The van der Waals surface area contributed by atoms with Crippen molar-refractivity contribution in [3.8, 4) is 0 Å². The van der Waals surface area contributed by atoms with Crippen LogP contribution in [0.5, 0.6) is 0 Å². The first-order chi connectivity index (χ1) is 11.6. The minimum absolute atomic E-state index is 0.0552. The molecule has 5 heteroatoms. The third kappa shape index (κ3) is 3.48. The van der Waals surface area contributed by atoms with Gasteiger partial charge in [-0.25, -0.2) is 0 Å². The summed E-state index contributed by atoms with van der Waals surface area (Å²) in [5.74, 6) is 0.633. The quantitative estimate of drug-likeness (QED) is 0.494.